The van der Waals surface area contributed by atoms with E-state index in [0.29, 0.717) is 11.6 Å². The molecule has 0 spiro atoms. The number of nitrogens with zero attached hydrogens (tertiary/aromatic N) is 2. The first-order chi connectivity index (χ1) is 10.4. The molecule has 0 bridgehead atoms. The smallest absolute Gasteiger partial charge is 0.204 e. The van der Waals surface area contributed by atoms with Crippen molar-refractivity contribution in [2.75, 3.05) is 6.54 Å². The molecule has 0 unspecified atom stereocenters. The van der Waals surface area contributed by atoms with Gasteiger partial charge >= 0.3 is 0 Å². The molecule has 1 aromatic heterocycles. The predicted octanol–water partition coefficient (Wildman–Crippen LogP) is 2.56. The zero-order chi connectivity index (χ0) is 16.3. The molecule has 0 fully saturated rings. The molecule has 6 heteroatoms. The lowest BCUT2D eigenvalue weighted by atomic mass is 10.2. The van der Waals surface area contributed by atoms with Crippen LogP contribution in [0.2, 0.25) is 0 Å². The molecule has 1 heterocycles. The van der Waals surface area contributed by atoms with Gasteiger partial charge in [0, 0.05) is 24.4 Å². The minimum absolute atomic E-state index is 0.0115. The van der Waals surface area contributed by atoms with E-state index in [4.69, 9.17) is 0 Å². The van der Waals surface area contributed by atoms with Crippen LogP contribution in [0.4, 0.5) is 8.78 Å². The topological polar surface area (TPSA) is 46.9 Å². The summed E-state index contributed by atoms with van der Waals surface area (Å²) in [5, 5.41) is 7.30. The zero-order valence-corrected chi connectivity index (χ0v) is 12.9. The molecule has 22 heavy (non-hydrogen) atoms. The molecule has 0 aliphatic rings. The number of halogens is 2. The Morgan fingerprint density at radius 3 is 2.68 bits per heavy atom. The van der Waals surface area contributed by atoms with Crippen LogP contribution in [-0.4, -0.2) is 16.3 Å². The monoisotopic (exact) mass is 307 g/mol. The van der Waals surface area contributed by atoms with Gasteiger partial charge in [0.1, 0.15) is 23.0 Å². The molecule has 4 nitrogen and oxygen atoms in total. The molecule has 0 aliphatic carbocycles. The third-order valence-electron chi connectivity index (χ3n) is 3.16. The van der Waals surface area contributed by atoms with Gasteiger partial charge in [-0.15, -0.1) is 0 Å². The van der Waals surface area contributed by atoms with Gasteiger partial charge in [0.25, 0.3) is 0 Å². The Balaban J connectivity index is 2.40. The maximum Gasteiger partial charge on any atom is 0.204 e. The molecule has 1 aromatic carbocycles. The van der Waals surface area contributed by atoms with E-state index in [-0.39, 0.29) is 23.4 Å². The van der Waals surface area contributed by atoms with Gasteiger partial charge in [0.05, 0.1) is 0 Å². The highest BCUT2D eigenvalue weighted by molar-refractivity contribution is 5.34. The number of hydrogen-bond donors (Lipinski definition) is 1. The fourth-order valence-electron chi connectivity index (χ4n) is 2.08. The van der Waals surface area contributed by atoms with E-state index in [2.05, 4.69) is 24.3 Å². The SMILES string of the molecule is Cc1cc(=O)c(CNCC(C)C)nn1-c1cc(F)ccc1F. The standard InChI is InChI=1S/C16H19F2N3O/c1-10(2)8-19-9-14-16(22)6-11(3)21(20-14)15-7-12(17)4-5-13(15)18/h4-7,10,19H,8-9H2,1-3H3. The van der Waals surface area contributed by atoms with Gasteiger partial charge < -0.3 is 5.32 Å². The van der Waals surface area contributed by atoms with Crippen molar-refractivity contribution in [3.05, 3.63) is 57.5 Å². The van der Waals surface area contributed by atoms with Gasteiger partial charge in [0.2, 0.25) is 5.43 Å². The van der Waals surface area contributed by atoms with E-state index in [1.54, 1.807) is 6.92 Å². The molecule has 2 aromatic rings. The third-order valence-corrected chi connectivity index (χ3v) is 3.16. The van der Waals surface area contributed by atoms with Crippen LogP contribution in [0.25, 0.3) is 5.69 Å². The van der Waals surface area contributed by atoms with Gasteiger partial charge in [-0.2, -0.15) is 5.10 Å². The van der Waals surface area contributed by atoms with Crippen molar-refractivity contribution < 1.29 is 8.78 Å². The van der Waals surface area contributed by atoms with E-state index in [1.807, 2.05) is 0 Å². The molecule has 0 amide bonds. The van der Waals surface area contributed by atoms with Crippen molar-refractivity contribution >= 4 is 0 Å². The van der Waals surface area contributed by atoms with Gasteiger partial charge in [-0.25, -0.2) is 13.5 Å². The van der Waals surface area contributed by atoms with E-state index in [9.17, 15) is 13.6 Å². The number of nitrogens with one attached hydrogen (secondary N) is 1. The molecule has 0 radical (unpaired) electrons. The van der Waals surface area contributed by atoms with E-state index in [1.165, 1.54) is 10.7 Å². The van der Waals surface area contributed by atoms with Gasteiger partial charge in [-0.05, 0) is 31.5 Å². The Kier molecular flexibility index (Phi) is 5.03. The first kappa shape index (κ1) is 16.3. The summed E-state index contributed by atoms with van der Waals surface area (Å²) in [6.45, 7) is 6.76. The molecule has 0 saturated heterocycles. The maximum absolute atomic E-state index is 13.9. The Morgan fingerprint density at radius 1 is 1.27 bits per heavy atom. The summed E-state index contributed by atoms with van der Waals surface area (Å²) in [6.07, 6.45) is 0. The van der Waals surface area contributed by atoms with Crippen LogP contribution in [0.5, 0.6) is 0 Å². The molecule has 2 rings (SSSR count). The molecular weight excluding hydrogens is 288 g/mol. The molecule has 0 saturated carbocycles. The van der Waals surface area contributed by atoms with Crippen molar-refractivity contribution in [1.29, 1.82) is 0 Å². The summed E-state index contributed by atoms with van der Waals surface area (Å²) in [5.41, 5.74) is 0.487. The Labute approximate surface area is 127 Å². The van der Waals surface area contributed by atoms with E-state index in [0.717, 1.165) is 24.7 Å². The number of rotatable bonds is 5. The van der Waals surface area contributed by atoms with Gasteiger partial charge in [-0.3, -0.25) is 4.79 Å². The largest absolute Gasteiger partial charge is 0.311 e. The van der Waals surface area contributed by atoms with Crippen LogP contribution in [0, 0.1) is 24.5 Å². The quantitative estimate of drug-likeness (QED) is 0.923. The van der Waals surface area contributed by atoms with Crippen LogP contribution >= 0.6 is 0 Å². The van der Waals surface area contributed by atoms with Crippen molar-refractivity contribution in [2.24, 2.45) is 5.92 Å². The molecule has 0 aliphatic heterocycles. The fraction of sp³-hybridized carbons (Fsp3) is 0.375. The normalized spacial score (nSPS) is 11.2. The second-order valence-electron chi connectivity index (χ2n) is 5.63. The van der Waals surface area contributed by atoms with Crippen LogP contribution in [-0.2, 0) is 6.54 Å². The lowest BCUT2D eigenvalue weighted by Gasteiger charge is -2.13. The van der Waals surface area contributed by atoms with Crippen LogP contribution in [0.15, 0.2) is 29.1 Å². The summed E-state index contributed by atoms with van der Waals surface area (Å²) in [5.74, 6) is -0.717. The highest BCUT2D eigenvalue weighted by atomic mass is 19.1. The van der Waals surface area contributed by atoms with Crippen LogP contribution in [0.3, 0.4) is 0 Å². The molecular formula is C16H19F2N3O. The number of aryl methyl sites for hydroxylation is 1. The summed E-state index contributed by atoms with van der Waals surface area (Å²) in [6, 6.07) is 4.53. The second-order valence-corrected chi connectivity index (χ2v) is 5.63. The van der Waals surface area contributed by atoms with Crippen LogP contribution in [0.1, 0.15) is 25.2 Å². The van der Waals surface area contributed by atoms with Crippen molar-refractivity contribution in [3.8, 4) is 5.69 Å². The van der Waals surface area contributed by atoms with Gasteiger partial charge in [-0.1, -0.05) is 13.8 Å². The summed E-state index contributed by atoms with van der Waals surface area (Å²) in [4.78, 5) is 12.0. The van der Waals surface area contributed by atoms with E-state index < -0.39 is 11.6 Å². The first-order valence-electron chi connectivity index (χ1n) is 7.14. The predicted molar refractivity (Wildman–Crippen MR) is 81.0 cm³/mol. The average molecular weight is 307 g/mol. The van der Waals surface area contributed by atoms with Crippen molar-refractivity contribution in [3.63, 3.8) is 0 Å². The highest BCUT2D eigenvalue weighted by Crippen LogP contribution is 2.15. The summed E-state index contributed by atoms with van der Waals surface area (Å²) in [7, 11) is 0. The fourth-order valence-corrected chi connectivity index (χ4v) is 2.08. The third kappa shape index (κ3) is 3.76. The minimum Gasteiger partial charge on any atom is -0.311 e. The maximum atomic E-state index is 13.9. The number of aromatic nitrogens is 2. The van der Waals surface area contributed by atoms with E-state index >= 15 is 0 Å². The molecule has 118 valence electrons. The zero-order valence-electron chi connectivity index (χ0n) is 12.9. The molecule has 0 atom stereocenters. The van der Waals surface area contributed by atoms with Crippen LogP contribution < -0.4 is 10.7 Å². The number of benzene rings is 1. The minimum atomic E-state index is -0.596. The van der Waals surface area contributed by atoms with Crippen molar-refractivity contribution in [2.45, 2.75) is 27.3 Å². The van der Waals surface area contributed by atoms with Crippen molar-refractivity contribution in [1.82, 2.24) is 15.1 Å². The highest BCUT2D eigenvalue weighted by Gasteiger charge is 2.12. The first-order valence-corrected chi connectivity index (χ1v) is 7.14. The number of hydrogen-bond acceptors (Lipinski definition) is 3. The lowest BCUT2D eigenvalue weighted by molar-refractivity contribution is 0.538. The summed E-state index contributed by atoms with van der Waals surface area (Å²) >= 11 is 0. The Hall–Kier alpha value is -2.08. The van der Waals surface area contributed by atoms with Gasteiger partial charge in [0.15, 0.2) is 0 Å². The second kappa shape index (κ2) is 6.79. The average Bonchev–Trinajstić information content (AvgIpc) is 2.44. The summed E-state index contributed by atoms with van der Waals surface area (Å²) < 4.78 is 28.5. The Morgan fingerprint density at radius 2 is 2.00 bits per heavy atom. The Bertz CT molecular complexity index is 726. The lowest BCUT2D eigenvalue weighted by Crippen LogP contribution is -2.27. The molecule has 1 N–H and O–H groups in total.